The summed E-state index contributed by atoms with van der Waals surface area (Å²) in [5.41, 5.74) is 2.64. The van der Waals surface area contributed by atoms with Crippen molar-refractivity contribution in [2.24, 2.45) is 0 Å². The molecule has 0 atom stereocenters. The number of rotatable bonds is 3. The lowest BCUT2D eigenvalue weighted by molar-refractivity contribution is -0.137. The molecule has 1 N–H and O–H groups in total. The van der Waals surface area contributed by atoms with Crippen molar-refractivity contribution in [1.82, 2.24) is 9.97 Å². The molecular formula is C22H17F3N4O2. The Balaban J connectivity index is 1.60. The molecule has 0 unspecified atom stereocenters. The molecular weight excluding hydrogens is 409 g/mol. The Morgan fingerprint density at radius 3 is 2.58 bits per heavy atom. The predicted octanol–water partition coefficient (Wildman–Crippen LogP) is 4.00. The molecule has 9 heteroatoms. The van der Waals surface area contributed by atoms with Crippen molar-refractivity contribution in [2.75, 3.05) is 16.8 Å². The Morgan fingerprint density at radius 1 is 1.13 bits per heavy atom. The second kappa shape index (κ2) is 7.82. The molecule has 0 fully saturated rings. The van der Waals surface area contributed by atoms with Crippen molar-refractivity contribution < 1.29 is 22.8 Å². The number of nitrogens with zero attached hydrogens (tertiary/aromatic N) is 3. The minimum Gasteiger partial charge on any atom is -0.325 e. The summed E-state index contributed by atoms with van der Waals surface area (Å²) in [6.45, 7) is 1.48. The summed E-state index contributed by atoms with van der Waals surface area (Å²) >= 11 is 0. The second-order valence-electron chi connectivity index (χ2n) is 7.12. The molecule has 4 rings (SSSR count). The van der Waals surface area contributed by atoms with E-state index in [1.165, 1.54) is 17.0 Å². The first kappa shape index (κ1) is 20.5. The van der Waals surface area contributed by atoms with Crippen LogP contribution in [0.2, 0.25) is 0 Å². The number of carbonyl (C=O) groups excluding carboxylic acids is 2. The average Bonchev–Trinajstić information content (AvgIpc) is 2.82. The van der Waals surface area contributed by atoms with E-state index in [2.05, 4.69) is 15.3 Å². The number of benzene rings is 1. The van der Waals surface area contributed by atoms with E-state index in [0.29, 0.717) is 22.6 Å². The van der Waals surface area contributed by atoms with Crippen LogP contribution in [0.5, 0.6) is 0 Å². The molecule has 0 saturated carbocycles. The van der Waals surface area contributed by atoms with Gasteiger partial charge in [0.05, 0.1) is 23.4 Å². The first-order valence-corrected chi connectivity index (χ1v) is 9.41. The molecule has 6 nitrogen and oxygen atoms in total. The van der Waals surface area contributed by atoms with Crippen molar-refractivity contribution in [3.8, 4) is 11.1 Å². The minimum atomic E-state index is -4.46. The molecule has 1 aliphatic rings. The van der Waals surface area contributed by atoms with Crippen LogP contribution < -0.4 is 10.2 Å². The fraction of sp³-hybridized carbons (Fsp3) is 0.182. The third kappa shape index (κ3) is 4.25. The van der Waals surface area contributed by atoms with Gasteiger partial charge in [-0.05, 0) is 43.3 Å². The Hall–Kier alpha value is -3.75. The highest BCUT2D eigenvalue weighted by Gasteiger charge is 2.31. The van der Waals surface area contributed by atoms with Crippen molar-refractivity contribution in [2.45, 2.75) is 19.5 Å². The number of alkyl halides is 3. The van der Waals surface area contributed by atoms with Gasteiger partial charge in [-0.3, -0.25) is 19.6 Å². The molecule has 31 heavy (non-hydrogen) atoms. The highest BCUT2D eigenvalue weighted by molar-refractivity contribution is 6.07. The van der Waals surface area contributed by atoms with E-state index in [4.69, 9.17) is 0 Å². The van der Waals surface area contributed by atoms with Gasteiger partial charge in [-0.2, -0.15) is 13.2 Å². The lowest BCUT2D eigenvalue weighted by atomic mass is 10.0. The summed E-state index contributed by atoms with van der Waals surface area (Å²) in [5.74, 6) is -0.848. The monoisotopic (exact) mass is 426 g/mol. The van der Waals surface area contributed by atoms with Gasteiger partial charge in [0.25, 0.3) is 0 Å². The zero-order chi connectivity index (χ0) is 22.2. The molecule has 3 heterocycles. The van der Waals surface area contributed by atoms with Crippen molar-refractivity contribution in [3.63, 3.8) is 0 Å². The maximum atomic E-state index is 13.0. The van der Waals surface area contributed by atoms with E-state index < -0.39 is 17.6 Å². The third-order valence-electron chi connectivity index (χ3n) is 4.91. The zero-order valence-electron chi connectivity index (χ0n) is 16.4. The molecule has 1 aromatic carbocycles. The summed E-state index contributed by atoms with van der Waals surface area (Å²) in [6, 6.07) is 9.45. The number of anilines is 2. The molecule has 0 bridgehead atoms. The number of pyridine rings is 2. The molecule has 158 valence electrons. The summed E-state index contributed by atoms with van der Waals surface area (Å²) in [4.78, 5) is 35.5. The van der Waals surface area contributed by atoms with Gasteiger partial charge in [0.1, 0.15) is 6.54 Å². The van der Waals surface area contributed by atoms with Crippen LogP contribution in [0.1, 0.15) is 17.0 Å². The second-order valence-corrected chi connectivity index (χ2v) is 7.12. The number of aryl methyl sites for hydroxylation is 1. The van der Waals surface area contributed by atoms with Gasteiger partial charge in [0.2, 0.25) is 11.8 Å². The van der Waals surface area contributed by atoms with E-state index in [9.17, 15) is 22.8 Å². The molecule has 3 aromatic rings. The van der Waals surface area contributed by atoms with E-state index >= 15 is 0 Å². The van der Waals surface area contributed by atoms with Gasteiger partial charge in [-0.15, -0.1) is 0 Å². The first-order chi connectivity index (χ1) is 14.7. The van der Waals surface area contributed by atoms with Crippen LogP contribution in [-0.2, 0) is 22.2 Å². The standard InChI is InChI=1S/C22H17F3N4O2/c1-13-9-19-17(11-27-13)16-3-2-8-26-18(16)10-21(31)29(19)12-20(30)28-15-6-4-14(5-7-15)22(23,24)25/h2-9,11H,10,12H2,1H3,(H,28,30). The lowest BCUT2D eigenvalue weighted by Crippen LogP contribution is -2.38. The van der Waals surface area contributed by atoms with Crippen molar-refractivity contribution in [3.05, 3.63) is 71.8 Å². The molecule has 0 spiro atoms. The van der Waals surface area contributed by atoms with Crippen molar-refractivity contribution >= 4 is 23.2 Å². The molecule has 0 aliphatic carbocycles. The predicted molar refractivity (Wildman–Crippen MR) is 108 cm³/mol. The topological polar surface area (TPSA) is 75.2 Å². The number of fused-ring (bicyclic) bond motifs is 3. The molecule has 2 aromatic heterocycles. The normalized spacial score (nSPS) is 13.3. The smallest absolute Gasteiger partial charge is 0.325 e. The average molecular weight is 426 g/mol. The minimum absolute atomic E-state index is 0.0114. The Labute approximate surface area is 175 Å². The van der Waals surface area contributed by atoms with Crippen LogP contribution in [0.25, 0.3) is 11.1 Å². The number of aromatic nitrogens is 2. The van der Waals surface area contributed by atoms with E-state index in [1.807, 2.05) is 6.07 Å². The summed E-state index contributed by atoms with van der Waals surface area (Å²) < 4.78 is 38.2. The Bertz CT molecular complexity index is 1160. The lowest BCUT2D eigenvalue weighted by Gasteiger charge is -2.22. The highest BCUT2D eigenvalue weighted by Crippen LogP contribution is 2.36. The SMILES string of the molecule is Cc1cc2c(cn1)-c1cccnc1CC(=O)N2CC(=O)Nc1ccc(C(F)(F)F)cc1. The van der Waals surface area contributed by atoms with Crippen LogP contribution in [0, 0.1) is 6.92 Å². The van der Waals surface area contributed by atoms with Crippen molar-refractivity contribution in [1.29, 1.82) is 0 Å². The Morgan fingerprint density at radius 2 is 1.87 bits per heavy atom. The molecule has 0 saturated heterocycles. The van der Waals surface area contributed by atoms with Crippen LogP contribution in [0.15, 0.2) is 54.9 Å². The first-order valence-electron chi connectivity index (χ1n) is 9.41. The summed E-state index contributed by atoms with van der Waals surface area (Å²) in [6.07, 6.45) is -1.21. The van der Waals surface area contributed by atoms with Crippen LogP contribution in [0.4, 0.5) is 24.5 Å². The number of hydrogen-bond acceptors (Lipinski definition) is 4. The van der Waals surface area contributed by atoms with Crippen LogP contribution in [-0.4, -0.2) is 28.3 Å². The fourth-order valence-electron chi connectivity index (χ4n) is 3.43. The van der Waals surface area contributed by atoms with E-state index in [1.54, 1.807) is 31.5 Å². The van der Waals surface area contributed by atoms with Gasteiger partial charge in [-0.1, -0.05) is 6.07 Å². The number of hydrogen-bond donors (Lipinski definition) is 1. The van der Waals surface area contributed by atoms with E-state index in [-0.39, 0.29) is 24.6 Å². The van der Waals surface area contributed by atoms with Gasteiger partial charge in [0.15, 0.2) is 0 Å². The van der Waals surface area contributed by atoms with Gasteiger partial charge in [-0.25, -0.2) is 0 Å². The van der Waals surface area contributed by atoms with Crippen LogP contribution in [0.3, 0.4) is 0 Å². The molecule has 0 radical (unpaired) electrons. The molecule has 2 amide bonds. The number of carbonyl (C=O) groups is 2. The zero-order valence-corrected chi connectivity index (χ0v) is 16.4. The maximum absolute atomic E-state index is 13.0. The maximum Gasteiger partial charge on any atom is 0.416 e. The number of nitrogens with one attached hydrogen (secondary N) is 1. The van der Waals surface area contributed by atoms with E-state index in [0.717, 1.165) is 17.7 Å². The largest absolute Gasteiger partial charge is 0.416 e. The Kier molecular flexibility index (Phi) is 5.18. The summed E-state index contributed by atoms with van der Waals surface area (Å²) in [5, 5.41) is 2.54. The fourth-order valence-corrected chi connectivity index (χ4v) is 3.43. The third-order valence-corrected chi connectivity index (χ3v) is 4.91. The van der Waals surface area contributed by atoms with Gasteiger partial charge in [0, 0.05) is 34.9 Å². The number of halogens is 3. The number of amides is 2. The van der Waals surface area contributed by atoms with Gasteiger partial charge < -0.3 is 10.2 Å². The summed E-state index contributed by atoms with van der Waals surface area (Å²) in [7, 11) is 0. The highest BCUT2D eigenvalue weighted by atomic mass is 19.4. The van der Waals surface area contributed by atoms with Crippen LogP contribution >= 0.6 is 0 Å². The van der Waals surface area contributed by atoms with Gasteiger partial charge >= 0.3 is 6.18 Å². The quantitative estimate of drug-likeness (QED) is 0.687. The molecule has 1 aliphatic heterocycles.